The summed E-state index contributed by atoms with van der Waals surface area (Å²) in [4.78, 5) is 38.7. The fourth-order valence-electron chi connectivity index (χ4n) is 8.22. The molecular formula is C25H38O5. The minimum atomic E-state index is -0.455. The molecule has 9 atom stereocenters. The molecule has 0 radical (unpaired) electrons. The van der Waals surface area contributed by atoms with E-state index in [1.807, 2.05) is 0 Å². The predicted molar refractivity (Wildman–Crippen MR) is 112 cm³/mol. The van der Waals surface area contributed by atoms with Gasteiger partial charge in [0.2, 0.25) is 0 Å². The normalized spacial score (nSPS) is 46.6. The molecule has 4 aliphatic carbocycles. The highest BCUT2D eigenvalue weighted by Crippen LogP contribution is 2.66. The van der Waals surface area contributed by atoms with Gasteiger partial charge in [0.05, 0.1) is 13.2 Å². The molecule has 0 aromatic carbocycles. The quantitative estimate of drug-likeness (QED) is 0.699. The molecule has 5 nitrogen and oxygen atoms in total. The molecule has 0 aliphatic heterocycles. The lowest BCUT2D eigenvalue weighted by atomic mass is 9.43. The average Bonchev–Trinajstić information content (AvgIpc) is 3.06. The van der Waals surface area contributed by atoms with Gasteiger partial charge in [-0.15, -0.1) is 0 Å². The third-order valence-corrected chi connectivity index (χ3v) is 10.1. The molecule has 168 valence electrons. The van der Waals surface area contributed by atoms with Crippen molar-refractivity contribution >= 4 is 17.5 Å². The van der Waals surface area contributed by atoms with Gasteiger partial charge in [0, 0.05) is 30.6 Å². The molecule has 0 aromatic heterocycles. The van der Waals surface area contributed by atoms with Gasteiger partial charge in [0.1, 0.15) is 11.6 Å². The number of carbonyl (C=O) groups excluding carboxylic acids is 3. The van der Waals surface area contributed by atoms with E-state index in [1.54, 1.807) is 0 Å². The first-order valence-corrected chi connectivity index (χ1v) is 11.9. The van der Waals surface area contributed by atoms with Crippen LogP contribution in [0.2, 0.25) is 0 Å². The molecular weight excluding hydrogens is 380 g/mol. The van der Waals surface area contributed by atoms with E-state index >= 15 is 0 Å². The summed E-state index contributed by atoms with van der Waals surface area (Å²) in [5, 5.41) is 10.2. The van der Waals surface area contributed by atoms with E-state index in [4.69, 9.17) is 4.74 Å². The number of hydrogen-bond donors (Lipinski definition) is 1. The molecule has 0 aromatic rings. The molecule has 0 bridgehead atoms. The second-order valence-electron chi connectivity index (χ2n) is 11.2. The van der Waals surface area contributed by atoms with Crippen LogP contribution in [0.3, 0.4) is 0 Å². The number of ketones is 2. The topological polar surface area (TPSA) is 80.7 Å². The lowest BCUT2D eigenvalue weighted by Crippen LogP contribution is -2.60. The van der Waals surface area contributed by atoms with Gasteiger partial charge in [-0.1, -0.05) is 20.8 Å². The van der Waals surface area contributed by atoms with Gasteiger partial charge in [0.15, 0.2) is 0 Å². The fourth-order valence-corrected chi connectivity index (χ4v) is 8.22. The van der Waals surface area contributed by atoms with Crippen LogP contribution >= 0.6 is 0 Å². The van der Waals surface area contributed by atoms with Gasteiger partial charge < -0.3 is 9.84 Å². The highest BCUT2D eigenvalue weighted by atomic mass is 16.5. The Balaban J connectivity index is 1.59. The van der Waals surface area contributed by atoms with E-state index in [-0.39, 0.29) is 53.0 Å². The molecule has 0 saturated heterocycles. The summed E-state index contributed by atoms with van der Waals surface area (Å²) < 4.78 is 4.80. The van der Waals surface area contributed by atoms with Crippen molar-refractivity contribution in [3.63, 3.8) is 0 Å². The Morgan fingerprint density at radius 2 is 1.90 bits per heavy atom. The minimum absolute atomic E-state index is 0.0105. The number of carbonyl (C=O) groups is 3. The maximum absolute atomic E-state index is 13.7. The number of aliphatic hydroxyl groups is 1. The van der Waals surface area contributed by atoms with Gasteiger partial charge in [-0.3, -0.25) is 14.4 Å². The van der Waals surface area contributed by atoms with E-state index < -0.39 is 5.41 Å². The van der Waals surface area contributed by atoms with Gasteiger partial charge in [-0.25, -0.2) is 0 Å². The average molecular weight is 419 g/mol. The highest BCUT2D eigenvalue weighted by Gasteiger charge is 2.66. The first kappa shape index (κ1) is 22.0. The number of Topliss-reactive ketones (excluding diaryl/α,β-unsaturated/α-hetero) is 2. The number of esters is 1. The number of aliphatic hydroxyl groups excluding tert-OH is 1. The Kier molecular flexibility index (Phi) is 5.66. The minimum Gasteiger partial charge on any atom is -0.469 e. The van der Waals surface area contributed by atoms with Crippen molar-refractivity contribution in [2.45, 2.75) is 84.7 Å². The first-order valence-electron chi connectivity index (χ1n) is 11.9. The Hall–Kier alpha value is -1.23. The molecule has 4 aliphatic rings. The molecule has 0 amide bonds. The second kappa shape index (κ2) is 7.72. The Morgan fingerprint density at radius 3 is 2.60 bits per heavy atom. The lowest BCUT2D eigenvalue weighted by molar-refractivity contribution is -0.168. The van der Waals surface area contributed by atoms with Gasteiger partial charge in [-0.05, 0) is 73.5 Å². The van der Waals surface area contributed by atoms with Crippen LogP contribution in [0.1, 0.15) is 78.6 Å². The Bertz CT molecular complexity index is 731. The van der Waals surface area contributed by atoms with Crippen LogP contribution < -0.4 is 0 Å². The van der Waals surface area contributed by atoms with Crippen LogP contribution in [0.25, 0.3) is 0 Å². The highest BCUT2D eigenvalue weighted by molar-refractivity contribution is 5.92. The molecule has 5 heteroatoms. The van der Waals surface area contributed by atoms with Crippen LogP contribution in [0, 0.1) is 46.3 Å². The fraction of sp³-hybridized carbons (Fsp3) is 0.880. The number of methoxy groups -OCH3 is 1. The maximum atomic E-state index is 13.7. The van der Waals surface area contributed by atoms with Crippen LogP contribution in [0.15, 0.2) is 0 Å². The molecule has 4 rings (SSSR count). The Labute approximate surface area is 180 Å². The summed E-state index contributed by atoms with van der Waals surface area (Å²) in [6, 6.07) is 0. The number of rotatable bonds is 4. The van der Waals surface area contributed by atoms with Crippen molar-refractivity contribution in [3.8, 4) is 0 Å². The van der Waals surface area contributed by atoms with Crippen molar-refractivity contribution in [3.05, 3.63) is 0 Å². The zero-order valence-corrected chi connectivity index (χ0v) is 19.0. The number of fused-ring (bicyclic) bond motifs is 5. The monoisotopic (exact) mass is 418 g/mol. The van der Waals surface area contributed by atoms with Crippen LogP contribution in [-0.2, 0) is 19.1 Å². The predicted octanol–water partition coefficient (Wildman–Crippen LogP) is 3.95. The third kappa shape index (κ3) is 3.18. The van der Waals surface area contributed by atoms with E-state index in [0.717, 1.165) is 32.1 Å². The summed E-state index contributed by atoms with van der Waals surface area (Å²) in [5.74, 6) is 1.42. The van der Waals surface area contributed by atoms with E-state index in [9.17, 15) is 19.5 Å². The summed E-state index contributed by atoms with van der Waals surface area (Å²) in [5.41, 5.74) is -0.465. The van der Waals surface area contributed by atoms with Crippen molar-refractivity contribution in [1.82, 2.24) is 0 Å². The third-order valence-electron chi connectivity index (χ3n) is 10.1. The molecule has 0 spiro atoms. The van der Waals surface area contributed by atoms with Crippen molar-refractivity contribution < 1.29 is 24.2 Å². The standard InChI is InChI=1S/C25H38O5/c1-14(5-8-22(29)30-4)17-6-7-18-23-19(13-21(28)25(17,18)3)24(2)10-9-16(26)11-15(24)12-20(23)27/h14-19,23,26H,5-13H2,1-4H3/t14-,15?,16-,17-,18+,19+,23+,24+,25-/m1/s1. The molecule has 1 N–H and O–H groups in total. The van der Waals surface area contributed by atoms with Crippen molar-refractivity contribution in [2.75, 3.05) is 7.11 Å². The molecule has 4 fully saturated rings. The van der Waals surface area contributed by atoms with E-state index in [2.05, 4.69) is 20.8 Å². The summed E-state index contributed by atoms with van der Waals surface area (Å²) >= 11 is 0. The lowest BCUT2D eigenvalue weighted by Gasteiger charge is -2.59. The van der Waals surface area contributed by atoms with E-state index in [1.165, 1.54) is 7.11 Å². The number of hydrogen-bond acceptors (Lipinski definition) is 5. The zero-order valence-electron chi connectivity index (χ0n) is 19.0. The SMILES string of the molecule is COC(=O)CC[C@@H](C)[C@H]1CC[C@H]2[C@@H]3C(=O)CC4C[C@H](O)CC[C@]4(C)[C@H]3CC(=O)[C@]12C. The number of ether oxygens (including phenoxy) is 1. The largest absolute Gasteiger partial charge is 0.469 e. The van der Waals surface area contributed by atoms with Gasteiger partial charge in [-0.2, -0.15) is 0 Å². The van der Waals surface area contributed by atoms with E-state index in [0.29, 0.717) is 37.2 Å². The molecule has 30 heavy (non-hydrogen) atoms. The summed E-state index contributed by atoms with van der Waals surface area (Å²) in [6.07, 6.45) is 6.19. The van der Waals surface area contributed by atoms with Crippen LogP contribution in [-0.4, -0.2) is 35.9 Å². The molecule has 4 saturated carbocycles. The smallest absolute Gasteiger partial charge is 0.305 e. The van der Waals surface area contributed by atoms with Crippen molar-refractivity contribution in [1.29, 1.82) is 0 Å². The maximum Gasteiger partial charge on any atom is 0.305 e. The zero-order chi connectivity index (χ0) is 21.8. The molecule has 0 heterocycles. The Morgan fingerprint density at radius 1 is 1.17 bits per heavy atom. The second-order valence-corrected chi connectivity index (χ2v) is 11.2. The van der Waals surface area contributed by atoms with Crippen molar-refractivity contribution in [2.24, 2.45) is 46.3 Å². The summed E-state index contributed by atoms with van der Waals surface area (Å²) in [6.45, 7) is 6.56. The van der Waals surface area contributed by atoms with Gasteiger partial charge in [0.25, 0.3) is 0 Å². The first-order chi connectivity index (χ1) is 14.1. The summed E-state index contributed by atoms with van der Waals surface area (Å²) in [7, 11) is 1.41. The molecule has 1 unspecified atom stereocenters. The van der Waals surface area contributed by atoms with Crippen LogP contribution in [0.4, 0.5) is 0 Å². The van der Waals surface area contributed by atoms with Crippen LogP contribution in [0.5, 0.6) is 0 Å². The van der Waals surface area contributed by atoms with Gasteiger partial charge >= 0.3 is 5.97 Å².